The standard InChI is InChI=1S/C26H25N3O2S/c1-17-23(18(2)30)24(20-13-15-21(16-14-20)28(3)4)29-25(31)22(32-26(29)27-17)12-8-11-19-9-6-5-7-10-19/h5-16,24H,1-4H3/b11-8+,22-12+/t24-/m0/s1. The number of anilines is 1. The maximum atomic E-state index is 13.4. The highest BCUT2D eigenvalue weighted by molar-refractivity contribution is 7.07. The Balaban J connectivity index is 1.84. The van der Waals surface area contributed by atoms with Crippen LogP contribution in [0, 0.1) is 0 Å². The molecule has 1 aliphatic heterocycles. The maximum absolute atomic E-state index is 13.4. The van der Waals surface area contributed by atoms with E-state index in [1.807, 2.05) is 98.7 Å². The van der Waals surface area contributed by atoms with E-state index in [1.165, 1.54) is 18.3 Å². The fourth-order valence-corrected chi connectivity index (χ4v) is 4.86. The van der Waals surface area contributed by atoms with Crippen LogP contribution >= 0.6 is 11.3 Å². The lowest BCUT2D eigenvalue weighted by atomic mass is 9.93. The largest absolute Gasteiger partial charge is 0.378 e. The first-order valence-corrected chi connectivity index (χ1v) is 11.2. The van der Waals surface area contributed by atoms with Gasteiger partial charge in [0.2, 0.25) is 0 Å². The third-order valence-electron chi connectivity index (χ3n) is 5.46. The van der Waals surface area contributed by atoms with Crippen molar-refractivity contribution in [2.24, 2.45) is 4.99 Å². The van der Waals surface area contributed by atoms with Gasteiger partial charge in [0.1, 0.15) is 0 Å². The molecule has 0 radical (unpaired) electrons. The molecule has 0 fully saturated rings. The number of benzene rings is 2. The average molecular weight is 444 g/mol. The molecule has 6 heteroatoms. The molecule has 1 aliphatic rings. The lowest BCUT2D eigenvalue weighted by Crippen LogP contribution is -2.39. The van der Waals surface area contributed by atoms with Gasteiger partial charge in [-0.15, -0.1) is 0 Å². The number of hydrogen-bond acceptors (Lipinski definition) is 5. The van der Waals surface area contributed by atoms with Crippen LogP contribution in [0.25, 0.3) is 12.2 Å². The summed E-state index contributed by atoms with van der Waals surface area (Å²) in [5.74, 6) is -0.0776. The van der Waals surface area contributed by atoms with Crippen molar-refractivity contribution in [2.75, 3.05) is 19.0 Å². The first-order chi connectivity index (χ1) is 15.4. The number of carbonyl (C=O) groups excluding carboxylic acids is 1. The van der Waals surface area contributed by atoms with Gasteiger partial charge in [-0.3, -0.25) is 14.2 Å². The van der Waals surface area contributed by atoms with Crippen LogP contribution in [0.1, 0.15) is 31.0 Å². The molecule has 0 saturated heterocycles. The Morgan fingerprint density at radius 3 is 2.41 bits per heavy atom. The van der Waals surface area contributed by atoms with Crippen LogP contribution in [0.15, 0.2) is 81.7 Å². The summed E-state index contributed by atoms with van der Waals surface area (Å²) in [7, 11) is 3.96. The molecule has 0 aliphatic carbocycles. The van der Waals surface area contributed by atoms with Crippen LogP contribution in [0.2, 0.25) is 0 Å². The Morgan fingerprint density at radius 1 is 1.09 bits per heavy atom. The Labute approximate surface area is 191 Å². The number of ketones is 1. The van der Waals surface area contributed by atoms with Crippen LogP contribution in [0.3, 0.4) is 0 Å². The lowest BCUT2D eigenvalue weighted by molar-refractivity contribution is -0.114. The van der Waals surface area contributed by atoms with E-state index in [2.05, 4.69) is 4.99 Å². The zero-order valence-electron chi connectivity index (χ0n) is 18.6. The lowest BCUT2D eigenvalue weighted by Gasteiger charge is -2.25. The predicted octanol–water partition coefficient (Wildman–Crippen LogP) is 3.56. The van der Waals surface area contributed by atoms with Gasteiger partial charge in [0.05, 0.1) is 10.6 Å². The summed E-state index contributed by atoms with van der Waals surface area (Å²) in [6, 6.07) is 17.4. The number of allylic oxidation sites excluding steroid dienone is 3. The van der Waals surface area contributed by atoms with Crippen molar-refractivity contribution in [3.8, 4) is 0 Å². The molecule has 2 heterocycles. The van der Waals surface area contributed by atoms with Gasteiger partial charge in [-0.05, 0) is 43.2 Å². The van der Waals surface area contributed by atoms with E-state index in [1.54, 1.807) is 4.57 Å². The molecule has 4 rings (SSSR count). The second-order valence-electron chi connectivity index (χ2n) is 7.92. The number of hydrogen-bond donors (Lipinski definition) is 0. The van der Waals surface area contributed by atoms with Crippen molar-refractivity contribution < 1.29 is 4.79 Å². The molecule has 162 valence electrons. The number of thiazole rings is 1. The van der Waals surface area contributed by atoms with Crippen molar-refractivity contribution in [3.05, 3.63) is 103 Å². The number of aromatic nitrogens is 1. The van der Waals surface area contributed by atoms with Crippen LogP contribution in [-0.4, -0.2) is 24.4 Å². The summed E-state index contributed by atoms with van der Waals surface area (Å²) >= 11 is 1.34. The quantitative estimate of drug-likeness (QED) is 0.606. The van der Waals surface area contributed by atoms with E-state index in [4.69, 9.17) is 0 Å². The van der Waals surface area contributed by atoms with Crippen molar-refractivity contribution in [1.29, 1.82) is 0 Å². The molecule has 5 nitrogen and oxygen atoms in total. The number of Topliss-reactive ketones (excluding diaryl/α,β-unsaturated/α-hetero) is 1. The summed E-state index contributed by atoms with van der Waals surface area (Å²) in [6.45, 7) is 3.37. The molecule has 1 atom stereocenters. The van der Waals surface area contributed by atoms with Crippen molar-refractivity contribution in [2.45, 2.75) is 19.9 Å². The Bertz CT molecular complexity index is 1390. The molecule has 0 amide bonds. The molecule has 32 heavy (non-hydrogen) atoms. The van der Waals surface area contributed by atoms with E-state index < -0.39 is 6.04 Å². The molecular formula is C26H25N3O2S. The highest BCUT2D eigenvalue weighted by atomic mass is 32.1. The molecule has 0 saturated carbocycles. The Hall–Kier alpha value is -3.51. The smallest absolute Gasteiger partial charge is 0.271 e. The minimum atomic E-state index is -0.486. The van der Waals surface area contributed by atoms with Crippen molar-refractivity contribution in [3.63, 3.8) is 0 Å². The summed E-state index contributed by atoms with van der Waals surface area (Å²) in [6.07, 6.45) is 5.65. The van der Waals surface area contributed by atoms with E-state index in [9.17, 15) is 9.59 Å². The third kappa shape index (κ3) is 4.14. The first kappa shape index (κ1) is 21.7. The number of carbonyl (C=O) groups is 1. The van der Waals surface area contributed by atoms with Gasteiger partial charge in [0.15, 0.2) is 10.6 Å². The molecule has 0 N–H and O–H groups in total. The fraction of sp³-hybridized carbons (Fsp3) is 0.192. The number of rotatable bonds is 5. The minimum Gasteiger partial charge on any atom is -0.378 e. The van der Waals surface area contributed by atoms with Gasteiger partial charge in [0.25, 0.3) is 5.56 Å². The van der Waals surface area contributed by atoms with Crippen LogP contribution < -0.4 is 19.8 Å². The molecular weight excluding hydrogens is 418 g/mol. The second kappa shape index (κ2) is 8.93. The van der Waals surface area contributed by atoms with E-state index in [0.717, 1.165) is 16.8 Å². The molecule has 0 unspecified atom stereocenters. The van der Waals surface area contributed by atoms with E-state index >= 15 is 0 Å². The third-order valence-corrected chi connectivity index (χ3v) is 6.46. The SMILES string of the molecule is CC(=O)C1=C(C)N=c2s/c(=C/C=C/c3ccccc3)c(=O)n2[C@H]1c1ccc(N(C)C)cc1. The summed E-state index contributed by atoms with van der Waals surface area (Å²) in [5.41, 5.74) is 4.08. The zero-order valence-corrected chi connectivity index (χ0v) is 19.4. The van der Waals surface area contributed by atoms with E-state index in [-0.39, 0.29) is 11.3 Å². The molecule has 1 aromatic heterocycles. The van der Waals surface area contributed by atoms with Crippen molar-refractivity contribution in [1.82, 2.24) is 4.57 Å². The van der Waals surface area contributed by atoms with Gasteiger partial charge >= 0.3 is 0 Å². The monoisotopic (exact) mass is 443 g/mol. The highest BCUT2D eigenvalue weighted by Crippen LogP contribution is 2.31. The molecule has 2 aromatic carbocycles. The van der Waals surface area contributed by atoms with Gasteiger partial charge < -0.3 is 4.90 Å². The summed E-state index contributed by atoms with van der Waals surface area (Å²) < 4.78 is 2.24. The first-order valence-electron chi connectivity index (χ1n) is 10.4. The van der Waals surface area contributed by atoms with Crippen LogP contribution in [0.4, 0.5) is 5.69 Å². The molecule has 0 bridgehead atoms. The molecule has 0 spiro atoms. The van der Waals surface area contributed by atoms with Crippen molar-refractivity contribution >= 4 is 35.0 Å². The number of fused-ring (bicyclic) bond motifs is 1. The molecule has 3 aromatic rings. The minimum absolute atomic E-state index is 0.0776. The van der Waals surface area contributed by atoms with Gasteiger partial charge in [-0.25, -0.2) is 4.99 Å². The summed E-state index contributed by atoms with van der Waals surface area (Å²) in [5, 5.41) is 0. The second-order valence-corrected chi connectivity index (χ2v) is 8.93. The fourth-order valence-electron chi connectivity index (χ4n) is 3.87. The van der Waals surface area contributed by atoms with E-state index in [0.29, 0.717) is 20.6 Å². The predicted molar refractivity (Wildman–Crippen MR) is 132 cm³/mol. The van der Waals surface area contributed by atoms with Crippen LogP contribution in [-0.2, 0) is 4.79 Å². The Kier molecular flexibility index (Phi) is 6.06. The maximum Gasteiger partial charge on any atom is 0.271 e. The normalized spacial score (nSPS) is 16.2. The topological polar surface area (TPSA) is 54.7 Å². The summed E-state index contributed by atoms with van der Waals surface area (Å²) in [4.78, 5) is 33.2. The number of nitrogens with zero attached hydrogens (tertiary/aromatic N) is 3. The average Bonchev–Trinajstić information content (AvgIpc) is 3.08. The Morgan fingerprint density at radius 2 is 1.78 bits per heavy atom. The van der Waals surface area contributed by atoms with Crippen LogP contribution in [0.5, 0.6) is 0 Å². The van der Waals surface area contributed by atoms with Gasteiger partial charge in [0, 0.05) is 31.1 Å². The highest BCUT2D eigenvalue weighted by Gasteiger charge is 2.30. The zero-order chi connectivity index (χ0) is 22.8. The van der Waals surface area contributed by atoms with Gasteiger partial charge in [-0.1, -0.05) is 66.0 Å². The van der Waals surface area contributed by atoms with Gasteiger partial charge in [-0.2, -0.15) is 0 Å².